The third-order valence-corrected chi connectivity index (χ3v) is 3.03. The van der Waals surface area contributed by atoms with Crippen LogP contribution in [0, 0.1) is 0 Å². The normalized spacial score (nSPS) is 10.8. The molecular weight excluding hydrogens is 248 g/mol. The van der Waals surface area contributed by atoms with Gasteiger partial charge < -0.3 is 5.32 Å². The van der Waals surface area contributed by atoms with Crippen molar-refractivity contribution < 1.29 is 0 Å². The van der Waals surface area contributed by atoms with Crippen LogP contribution in [-0.4, -0.2) is 21.3 Å². The van der Waals surface area contributed by atoms with Gasteiger partial charge in [-0.1, -0.05) is 24.6 Å². The molecule has 0 saturated heterocycles. The van der Waals surface area contributed by atoms with Crippen LogP contribution >= 0.6 is 11.6 Å². The van der Waals surface area contributed by atoms with E-state index < -0.39 is 0 Å². The second-order valence-corrected chi connectivity index (χ2v) is 4.42. The lowest BCUT2D eigenvalue weighted by Crippen LogP contribution is -2.13. The van der Waals surface area contributed by atoms with Crippen molar-refractivity contribution in [3.8, 4) is 11.4 Å². The molecule has 0 bridgehead atoms. The Kier molecular flexibility index (Phi) is 4.33. The molecule has 0 fully saturated rings. The highest BCUT2D eigenvalue weighted by molar-refractivity contribution is 6.30. The Labute approximate surface area is 112 Å². The minimum Gasteiger partial charge on any atom is -0.313 e. The van der Waals surface area contributed by atoms with Crippen LogP contribution in [0.2, 0.25) is 5.02 Å². The van der Waals surface area contributed by atoms with Crippen LogP contribution < -0.4 is 5.32 Å². The summed E-state index contributed by atoms with van der Waals surface area (Å²) in [6.07, 6.45) is 1.58. The van der Waals surface area contributed by atoms with Crippen molar-refractivity contribution in [1.29, 1.82) is 0 Å². The maximum Gasteiger partial charge on any atom is 0.158 e. The number of hydrogen-bond donors (Lipinski definition) is 1. The summed E-state index contributed by atoms with van der Waals surface area (Å²) in [6, 6.07) is 5.89. The molecule has 0 saturated carbocycles. The zero-order valence-electron chi connectivity index (χ0n) is 10.7. The summed E-state index contributed by atoms with van der Waals surface area (Å²) in [7, 11) is 0. The van der Waals surface area contributed by atoms with Crippen molar-refractivity contribution in [2.24, 2.45) is 0 Å². The lowest BCUT2D eigenvalue weighted by atomic mass is 10.1. The van der Waals surface area contributed by atoms with Gasteiger partial charge in [-0.15, -0.1) is 0 Å². The lowest BCUT2D eigenvalue weighted by molar-refractivity contribution is 0.663. The Bertz CT molecular complexity index is 521. The number of nitrogens with one attached hydrogen (secondary N) is 1. The molecule has 0 aliphatic carbocycles. The van der Waals surface area contributed by atoms with Crippen molar-refractivity contribution >= 4 is 11.6 Å². The van der Waals surface area contributed by atoms with E-state index in [0.29, 0.717) is 0 Å². The summed E-state index contributed by atoms with van der Waals surface area (Å²) in [5.41, 5.74) is 2.23. The van der Waals surface area contributed by atoms with E-state index >= 15 is 0 Å². The molecule has 0 aliphatic rings. The number of benzene rings is 1. The highest BCUT2D eigenvalue weighted by Gasteiger charge is 2.11. The predicted molar refractivity (Wildman–Crippen MR) is 73.5 cm³/mol. The van der Waals surface area contributed by atoms with Crippen molar-refractivity contribution in [3.05, 3.63) is 35.1 Å². The van der Waals surface area contributed by atoms with Gasteiger partial charge in [0.2, 0.25) is 0 Å². The smallest absolute Gasteiger partial charge is 0.158 e. The zero-order chi connectivity index (χ0) is 13.0. The standard InChI is InChI=1S/C13H17ClN4/c1-3-15-8-10-5-6-11(14)7-12(10)13-16-9-17-18(13)4-2/h5-7,9,15H,3-4,8H2,1-2H3. The number of hydrogen-bond acceptors (Lipinski definition) is 3. The molecule has 4 nitrogen and oxygen atoms in total. The van der Waals surface area contributed by atoms with Gasteiger partial charge in [-0.2, -0.15) is 5.10 Å². The number of rotatable bonds is 5. The molecule has 0 aliphatic heterocycles. The average molecular weight is 265 g/mol. The van der Waals surface area contributed by atoms with Gasteiger partial charge in [0.15, 0.2) is 5.82 Å². The van der Waals surface area contributed by atoms with Crippen LogP contribution in [0.1, 0.15) is 19.4 Å². The quantitative estimate of drug-likeness (QED) is 0.903. The van der Waals surface area contributed by atoms with Crippen LogP contribution in [0.15, 0.2) is 24.5 Å². The van der Waals surface area contributed by atoms with E-state index in [1.54, 1.807) is 6.33 Å². The molecule has 96 valence electrons. The van der Waals surface area contributed by atoms with Crippen LogP contribution in [0.5, 0.6) is 0 Å². The monoisotopic (exact) mass is 264 g/mol. The molecule has 2 rings (SSSR count). The molecule has 0 amide bonds. The fourth-order valence-electron chi connectivity index (χ4n) is 1.87. The number of halogens is 1. The summed E-state index contributed by atoms with van der Waals surface area (Å²) < 4.78 is 1.88. The van der Waals surface area contributed by atoms with Gasteiger partial charge in [0.05, 0.1) is 0 Å². The van der Waals surface area contributed by atoms with E-state index in [-0.39, 0.29) is 0 Å². The van der Waals surface area contributed by atoms with Crippen LogP contribution in [0.4, 0.5) is 0 Å². The van der Waals surface area contributed by atoms with Gasteiger partial charge in [0.1, 0.15) is 6.33 Å². The number of aryl methyl sites for hydroxylation is 1. The Morgan fingerprint density at radius 2 is 2.17 bits per heavy atom. The fraction of sp³-hybridized carbons (Fsp3) is 0.385. The van der Waals surface area contributed by atoms with Crippen molar-refractivity contribution in [2.45, 2.75) is 26.9 Å². The third kappa shape index (κ3) is 2.71. The topological polar surface area (TPSA) is 42.7 Å². The minimum absolute atomic E-state index is 0.718. The lowest BCUT2D eigenvalue weighted by Gasteiger charge is -2.10. The first-order valence-corrected chi connectivity index (χ1v) is 6.51. The van der Waals surface area contributed by atoms with E-state index in [2.05, 4.69) is 22.3 Å². The molecule has 1 heterocycles. The second kappa shape index (κ2) is 5.98. The maximum absolute atomic E-state index is 6.09. The maximum atomic E-state index is 6.09. The SMILES string of the molecule is CCNCc1ccc(Cl)cc1-c1ncnn1CC. The molecule has 1 aromatic heterocycles. The van der Waals surface area contributed by atoms with Crippen molar-refractivity contribution in [1.82, 2.24) is 20.1 Å². The molecule has 1 N–H and O–H groups in total. The molecule has 2 aromatic rings. The summed E-state index contributed by atoms with van der Waals surface area (Å²) in [5.74, 6) is 0.868. The van der Waals surface area contributed by atoms with Crippen LogP contribution in [0.25, 0.3) is 11.4 Å². The molecule has 0 radical (unpaired) electrons. The molecular formula is C13H17ClN4. The molecule has 5 heteroatoms. The van der Waals surface area contributed by atoms with Gasteiger partial charge in [-0.25, -0.2) is 9.67 Å². The van der Waals surface area contributed by atoms with Gasteiger partial charge in [-0.3, -0.25) is 0 Å². The Hall–Kier alpha value is -1.39. The zero-order valence-corrected chi connectivity index (χ0v) is 11.4. The summed E-state index contributed by atoms with van der Waals surface area (Å²) in [6.45, 7) is 6.67. The highest BCUT2D eigenvalue weighted by Crippen LogP contribution is 2.25. The first kappa shape index (κ1) is 13.1. The Morgan fingerprint density at radius 1 is 1.33 bits per heavy atom. The molecule has 0 unspecified atom stereocenters. The van der Waals surface area contributed by atoms with E-state index in [1.165, 1.54) is 5.56 Å². The van der Waals surface area contributed by atoms with Crippen molar-refractivity contribution in [2.75, 3.05) is 6.54 Å². The van der Waals surface area contributed by atoms with E-state index in [4.69, 9.17) is 11.6 Å². The number of aromatic nitrogens is 3. The van der Waals surface area contributed by atoms with Crippen LogP contribution in [0.3, 0.4) is 0 Å². The number of nitrogens with zero attached hydrogens (tertiary/aromatic N) is 3. The summed E-state index contributed by atoms with van der Waals surface area (Å²) in [5, 5.41) is 8.25. The Balaban J connectivity index is 2.44. The van der Waals surface area contributed by atoms with E-state index in [1.807, 2.05) is 29.8 Å². The Morgan fingerprint density at radius 3 is 2.89 bits per heavy atom. The second-order valence-electron chi connectivity index (χ2n) is 3.98. The molecule has 0 atom stereocenters. The summed E-state index contributed by atoms with van der Waals surface area (Å²) in [4.78, 5) is 4.33. The van der Waals surface area contributed by atoms with Crippen molar-refractivity contribution in [3.63, 3.8) is 0 Å². The van der Waals surface area contributed by atoms with Gasteiger partial charge in [-0.05, 0) is 31.2 Å². The van der Waals surface area contributed by atoms with Gasteiger partial charge >= 0.3 is 0 Å². The first-order chi connectivity index (χ1) is 8.76. The average Bonchev–Trinajstić information content (AvgIpc) is 2.85. The molecule has 1 aromatic carbocycles. The molecule has 18 heavy (non-hydrogen) atoms. The minimum atomic E-state index is 0.718. The predicted octanol–water partition coefficient (Wildman–Crippen LogP) is 2.73. The first-order valence-electron chi connectivity index (χ1n) is 6.13. The van der Waals surface area contributed by atoms with Gasteiger partial charge in [0.25, 0.3) is 0 Å². The molecule has 0 spiro atoms. The fourth-order valence-corrected chi connectivity index (χ4v) is 2.05. The summed E-state index contributed by atoms with van der Waals surface area (Å²) >= 11 is 6.09. The van der Waals surface area contributed by atoms with E-state index in [0.717, 1.165) is 36.0 Å². The van der Waals surface area contributed by atoms with E-state index in [9.17, 15) is 0 Å². The third-order valence-electron chi connectivity index (χ3n) is 2.79. The largest absolute Gasteiger partial charge is 0.313 e. The van der Waals surface area contributed by atoms with Gasteiger partial charge in [0, 0.05) is 23.7 Å². The highest BCUT2D eigenvalue weighted by atomic mass is 35.5. The van der Waals surface area contributed by atoms with Crippen LogP contribution in [-0.2, 0) is 13.1 Å².